The second-order valence-electron chi connectivity index (χ2n) is 6.64. The van der Waals surface area contributed by atoms with E-state index in [4.69, 9.17) is 16.3 Å². The van der Waals surface area contributed by atoms with Crippen molar-refractivity contribution in [3.8, 4) is 5.75 Å². The third-order valence-corrected chi connectivity index (χ3v) is 8.38. The summed E-state index contributed by atoms with van der Waals surface area (Å²) >= 11 is 5.89. The fraction of sp³-hybridized carbons (Fsp3) is 0.444. The van der Waals surface area contributed by atoms with Gasteiger partial charge in [-0.2, -0.15) is 0 Å². The number of halogens is 3. The Morgan fingerprint density at radius 2 is 1.96 bits per heavy atom. The van der Waals surface area contributed by atoms with E-state index in [9.17, 15) is 17.2 Å². The molecule has 3 nitrogen and oxygen atoms in total. The topological polar surface area (TPSA) is 43.4 Å². The van der Waals surface area contributed by atoms with E-state index < -0.39 is 37.4 Å². The maximum Gasteiger partial charge on any atom is 0.167 e. The Morgan fingerprint density at radius 3 is 2.56 bits per heavy atom. The summed E-state index contributed by atoms with van der Waals surface area (Å²) in [5.41, 5.74) is -0.192. The highest BCUT2D eigenvalue weighted by atomic mass is 35.5. The monoisotopic (exact) mass is 388 g/mol. The van der Waals surface area contributed by atoms with Gasteiger partial charge in [0.25, 0.3) is 0 Å². The van der Waals surface area contributed by atoms with E-state index in [0.29, 0.717) is 5.03 Å². The molecule has 0 bridgehead atoms. The summed E-state index contributed by atoms with van der Waals surface area (Å²) in [5, 5.41) is -0.374. The van der Waals surface area contributed by atoms with E-state index in [-0.39, 0.29) is 30.8 Å². The molecule has 0 radical (unpaired) electrons. The molecule has 0 N–H and O–H groups in total. The highest BCUT2D eigenvalue weighted by Crippen LogP contribution is 2.51. The minimum atomic E-state index is -3.90. The van der Waals surface area contributed by atoms with E-state index in [0.717, 1.165) is 12.1 Å². The van der Waals surface area contributed by atoms with Crippen LogP contribution in [0.2, 0.25) is 0 Å². The minimum Gasteiger partial charge on any atom is -0.490 e. The fourth-order valence-corrected chi connectivity index (χ4v) is 6.60. The molecule has 0 amide bonds. The summed E-state index contributed by atoms with van der Waals surface area (Å²) in [4.78, 5) is 0. The molecule has 1 aromatic carbocycles. The molecule has 1 aliphatic heterocycles. The molecule has 2 unspecified atom stereocenters. The molecule has 0 saturated heterocycles. The zero-order chi connectivity index (χ0) is 18.4. The average Bonchev–Trinajstić information content (AvgIpc) is 2.57. The Hall–Kier alpha value is -1.40. The van der Waals surface area contributed by atoms with Gasteiger partial charge in [-0.1, -0.05) is 37.6 Å². The van der Waals surface area contributed by atoms with Crippen LogP contribution >= 0.6 is 11.6 Å². The van der Waals surface area contributed by atoms with Gasteiger partial charge in [0.2, 0.25) is 0 Å². The van der Waals surface area contributed by atoms with Crippen molar-refractivity contribution in [2.75, 3.05) is 6.61 Å². The molecule has 136 valence electrons. The fourth-order valence-electron chi connectivity index (χ4n) is 3.76. The van der Waals surface area contributed by atoms with Crippen LogP contribution in [0.1, 0.15) is 32.3 Å². The Kier molecular flexibility index (Phi) is 4.71. The molecule has 0 saturated carbocycles. The highest BCUT2D eigenvalue weighted by Gasteiger charge is 2.55. The van der Waals surface area contributed by atoms with Gasteiger partial charge in [-0.15, -0.1) is 0 Å². The van der Waals surface area contributed by atoms with E-state index in [1.807, 2.05) is 0 Å². The summed E-state index contributed by atoms with van der Waals surface area (Å²) in [7, 11) is -3.90. The smallest absolute Gasteiger partial charge is 0.167 e. The summed E-state index contributed by atoms with van der Waals surface area (Å²) < 4.78 is 59.8. The van der Waals surface area contributed by atoms with Crippen LogP contribution in [-0.2, 0) is 14.6 Å². The van der Waals surface area contributed by atoms with Gasteiger partial charge in [-0.05, 0) is 30.5 Å². The van der Waals surface area contributed by atoms with Crippen molar-refractivity contribution in [3.63, 3.8) is 0 Å². The first-order valence-corrected chi connectivity index (χ1v) is 10.0. The van der Waals surface area contributed by atoms with Gasteiger partial charge >= 0.3 is 0 Å². The summed E-state index contributed by atoms with van der Waals surface area (Å²) in [6.45, 7) is 3.44. The van der Waals surface area contributed by atoms with Gasteiger partial charge in [0.05, 0.1) is 17.4 Å². The van der Waals surface area contributed by atoms with E-state index in [1.54, 1.807) is 19.9 Å². The van der Waals surface area contributed by atoms with Crippen LogP contribution in [0.4, 0.5) is 8.78 Å². The number of allylic oxidation sites excluding steroid dienone is 3. The van der Waals surface area contributed by atoms with Crippen LogP contribution in [0.25, 0.3) is 0 Å². The Balaban J connectivity index is 2.25. The standard InChI is InChI=1S/C18H19ClF2O3S/c1-11(2)18(25(22,23)13-5-3-12(19)4-6-13)9-10-24-17-15(21)8-7-14(20)16(17)18/h3-5,7-8,11,13H,6,9-10H2,1-2H3. The van der Waals surface area contributed by atoms with Crippen molar-refractivity contribution in [1.29, 1.82) is 0 Å². The normalized spacial score (nSPS) is 26.2. The molecule has 7 heteroatoms. The molecule has 2 aliphatic rings. The van der Waals surface area contributed by atoms with Gasteiger partial charge in [0.15, 0.2) is 21.4 Å². The molecule has 2 atom stereocenters. The molecule has 1 aromatic rings. The molecule has 3 rings (SSSR count). The highest BCUT2D eigenvalue weighted by molar-refractivity contribution is 7.93. The van der Waals surface area contributed by atoms with Crippen LogP contribution in [0, 0.1) is 17.6 Å². The Labute approximate surface area is 151 Å². The molecule has 1 heterocycles. The first kappa shape index (κ1) is 18.4. The van der Waals surface area contributed by atoms with Crippen LogP contribution in [0.3, 0.4) is 0 Å². The van der Waals surface area contributed by atoms with E-state index >= 15 is 0 Å². The van der Waals surface area contributed by atoms with Crippen LogP contribution in [-0.4, -0.2) is 20.3 Å². The van der Waals surface area contributed by atoms with Crippen LogP contribution in [0.15, 0.2) is 35.4 Å². The van der Waals surface area contributed by atoms with Gasteiger partial charge in [-0.25, -0.2) is 17.2 Å². The number of sulfone groups is 1. The zero-order valence-electron chi connectivity index (χ0n) is 13.9. The molecule has 0 fully saturated rings. The van der Waals surface area contributed by atoms with Crippen LogP contribution in [0.5, 0.6) is 5.75 Å². The third-order valence-electron chi connectivity index (χ3n) is 5.06. The predicted molar refractivity (Wildman–Crippen MR) is 93.4 cm³/mol. The first-order chi connectivity index (χ1) is 11.7. The second kappa shape index (κ2) is 6.40. The molecule has 25 heavy (non-hydrogen) atoms. The predicted octanol–water partition coefficient (Wildman–Crippen LogP) is 4.46. The number of ether oxygens (including phenoxy) is 1. The SMILES string of the molecule is CC(C)C1(S(=O)(=O)C2C=CC(Cl)=CC2)CCOc2c(F)ccc(F)c21. The van der Waals surface area contributed by atoms with Crippen molar-refractivity contribution < 1.29 is 21.9 Å². The van der Waals surface area contributed by atoms with E-state index in [1.165, 1.54) is 12.2 Å². The molecule has 0 aromatic heterocycles. The number of hydrogen-bond acceptors (Lipinski definition) is 3. The first-order valence-electron chi connectivity index (χ1n) is 8.10. The number of benzene rings is 1. The number of fused-ring (bicyclic) bond motifs is 1. The molecular formula is C18H19ClF2O3S. The Morgan fingerprint density at radius 1 is 1.28 bits per heavy atom. The lowest BCUT2D eigenvalue weighted by Gasteiger charge is -2.43. The second-order valence-corrected chi connectivity index (χ2v) is 9.50. The van der Waals surface area contributed by atoms with Crippen molar-refractivity contribution >= 4 is 21.4 Å². The van der Waals surface area contributed by atoms with Crippen molar-refractivity contribution in [2.24, 2.45) is 5.92 Å². The van der Waals surface area contributed by atoms with Crippen LogP contribution < -0.4 is 4.74 Å². The van der Waals surface area contributed by atoms with Gasteiger partial charge in [-0.3, -0.25) is 0 Å². The minimum absolute atomic E-state index is 0.0117. The van der Waals surface area contributed by atoms with Crippen molar-refractivity contribution in [1.82, 2.24) is 0 Å². The summed E-state index contributed by atoms with van der Waals surface area (Å²) in [5.74, 6) is -2.27. The summed E-state index contributed by atoms with van der Waals surface area (Å²) in [6.07, 6.45) is 4.96. The quantitative estimate of drug-likeness (QED) is 0.767. The molecule has 1 aliphatic carbocycles. The maximum atomic E-state index is 14.7. The third kappa shape index (κ3) is 2.70. The Bertz CT molecular complexity index is 861. The molecule has 0 spiro atoms. The van der Waals surface area contributed by atoms with E-state index in [2.05, 4.69) is 0 Å². The number of rotatable bonds is 3. The lowest BCUT2D eigenvalue weighted by Crippen LogP contribution is -2.49. The van der Waals surface area contributed by atoms with Crippen molar-refractivity contribution in [3.05, 3.63) is 52.6 Å². The van der Waals surface area contributed by atoms with Crippen molar-refractivity contribution in [2.45, 2.75) is 36.7 Å². The van der Waals surface area contributed by atoms with Gasteiger partial charge in [0, 0.05) is 11.5 Å². The van der Waals surface area contributed by atoms with Gasteiger partial charge in [0.1, 0.15) is 10.6 Å². The summed E-state index contributed by atoms with van der Waals surface area (Å²) in [6, 6.07) is 1.92. The number of hydrogen-bond donors (Lipinski definition) is 0. The lowest BCUT2D eigenvalue weighted by molar-refractivity contribution is 0.207. The lowest BCUT2D eigenvalue weighted by atomic mass is 9.82. The van der Waals surface area contributed by atoms with Gasteiger partial charge < -0.3 is 4.74 Å². The largest absolute Gasteiger partial charge is 0.490 e. The average molecular weight is 389 g/mol. The maximum absolute atomic E-state index is 14.7. The molecular weight excluding hydrogens is 370 g/mol. The zero-order valence-corrected chi connectivity index (χ0v) is 15.5.